The highest BCUT2D eigenvalue weighted by Crippen LogP contribution is 2.31. The Kier molecular flexibility index (Phi) is 6.26. The highest BCUT2D eigenvalue weighted by Gasteiger charge is 2.23. The molecule has 0 radical (unpaired) electrons. The number of hydrogen-bond acceptors (Lipinski definition) is 5. The summed E-state index contributed by atoms with van der Waals surface area (Å²) in [5.74, 6) is 2.46. The van der Waals surface area contributed by atoms with Crippen molar-refractivity contribution in [3.8, 4) is 5.75 Å². The van der Waals surface area contributed by atoms with Crippen LogP contribution in [0.1, 0.15) is 56.7 Å². The Morgan fingerprint density at radius 1 is 1.27 bits per heavy atom. The van der Waals surface area contributed by atoms with Crippen LogP contribution in [0.15, 0.2) is 34.9 Å². The molecule has 1 amide bonds. The molecule has 1 fully saturated rings. The summed E-state index contributed by atoms with van der Waals surface area (Å²) < 4.78 is 11.1. The number of carbonyl (C=O) groups is 1. The Morgan fingerprint density at radius 3 is 2.73 bits per heavy atom. The van der Waals surface area contributed by atoms with Crippen molar-refractivity contribution >= 4 is 5.91 Å². The lowest BCUT2D eigenvalue weighted by Gasteiger charge is -2.21. The summed E-state index contributed by atoms with van der Waals surface area (Å²) in [4.78, 5) is 18.6. The van der Waals surface area contributed by atoms with Gasteiger partial charge in [0.1, 0.15) is 5.75 Å². The zero-order chi connectivity index (χ0) is 18.4. The van der Waals surface area contributed by atoms with E-state index in [1.165, 1.54) is 19.3 Å². The number of ether oxygens (including phenoxy) is 1. The van der Waals surface area contributed by atoms with E-state index in [9.17, 15) is 4.79 Å². The quantitative estimate of drug-likeness (QED) is 0.757. The summed E-state index contributed by atoms with van der Waals surface area (Å²) in [5, 5.41) is 4.08. The zero-order valence-corrected chi connectivity index (χ0v) is 15.6. The van der Waals surface area contributed by atoms with Gasteiger partial charge in [-0.2, -0.15) is 4.98 Å². The summed E-state index contributed by atoms with van der Waals surface area (Å²) in [6.07, 6.45) is 6.08. The Morgan fingerprint density at radius 2 is 2.00 bits per heavy atom. The molecule has 0 N–H and O–H groups in total. The van der Waals surface area contributed by atoms with Gasteiger partial charge < -0.3 is 14.2 Å². The molecule has 1 heterocycles. The molecule has 26 heavy (non-hydrogen) atoms. The van der Waals surface area contributed by atoms with Crippen LogP contribution in [0.3, 0.4) is 0 Å². The predicted molar refractivity (Wildman–Crippen MR) is 98.0 cm³/mol. The lowest BCUT2D eigenvalue weighted by atomic mass is 9.89. The molecule has 1 atom stereocenters. The van der Waals surface area contributed by atoms with E-state index in [-0.39, 0.29) is 5.91 Å². The minimum atomic E-state index is -0.537. The molecule has 0 spiro atoms. The van der Waals surface area contributed by atoms with Gasteiger partial charge in [-0.15, -0.1) is 0 Å². The van der Waals surface area contributed by atoms with Gasteiger partial charge in [-0.05, 0) is 31.9 Å². The number of para-hydroxylation sites is 1. The standard InChI is InChI=1S/C20H27N3O3/c1-15(25-17-11-7-4-8-12-17)20(24)23(2)14-13-18-21-19(26-22-18)16-9-5-3-6-10-16/h4,7-8,11-12,15-16H,3,5-6,9-10,13-14H2,1-2H3/t15-/m0/s1. The molecule has 0 aliphatic heterocycles. The summed E-state index contributed by atoms with van der Waals surface area (Å²) in [6, 6.07) is 9.37. The van der Waals surface area contributed by atoms with Crippen LogP contribution in [-0.2, 0) is 11.2 Å². The van der Waals surface area contributed by atoms with Gasteiger partial charge in [-0.1, -0.05) is 42.6 Å². The zero-order valence-electron chi connectivity index (χ0n) is 15.6. The lowest BCUT2D eigenvalue weighted by molar-refractivity contribution is -0.136. The fourth-order valence-corrected chi connectivity index (χ4v) is 3.33. The molecule has 6 nitrogen and oxygen atoms in total. The maximum atomic E-state index is 12.5. The number of benzene rings is 1. The highest BCUT2D eigenvalue weighted by atomic mass is 16.5. The Balaban J connectivity index is 1.47. The molecule has 0 unspecified atom stereocenters. The number of likely N-dealkylation sites (N-methyl/N-ethyl adjacent to an activating group) is 1. The molecule has 1 saturated carbocycles. The normalized spacial score (nSPS) is 16.2. The third kappa shape index (κ3) is 4.84. The molecular weight excluding hydrogens is 330 g/mol. The molecule has 140 valence electrons. The van der Waals surface area contributed by atoms with E-state index in [1.807, 2.05) is 30.3 Å². The minimum absolute atomic E-state index is 0.0650. The van der Waals surface area contributed by atoms with Crippen LogP contribution < -0.4 is 4.74 Å². The molecule has 1 aliphatic carbocycles. The van der Waals surface area contributed by atoms with Gasteiger partial charge in [0.15, 0.2) is 11.9 Å². The molecular formula is C20H27N3O3. The van der Waals surface area contributed by atoms with Gasteiger partial charge >= 0.3 is 0 Å². The second-order valence-electron chi connectivity index (χ2n) is 6.97. The van der Waals surface area contributed by atoms with Crippen molar-refractivity contribution in [3.63, 3.8) is 0 Å². The van der Waals surface area contributed by atoms with Crippen LogP contribution in [0, 0.1) is 0 Å². The maximum absolute atomic E-state index is 12.5. The summed E-state index contributed by atoms with van der Waals surface area (Å²) in [7, 11) is 1.77. The molecule has 1 aliphatic rings. The SMILES string of the molecule is C[C@H](Oc1ccccc1)C(=O)N(C)CCc1noc(C2CCCCC2)n1. The van der Waals surface area contributed by atoms with Crippen molar-refractivity contribution in [3.05, 3.63) is 42.0 Å². The molecule has 1 aromatic heterocycles. The Bertz CT molecular complexity index is 695. The monoisotopic (exact) mass is 357 g/mol. The summed E-state index contributed by atoms with van der Waals surface area (Å²) in [6.45, 7) is 2.30. The molecule has 0 saturated heterocycles. The third-order valence-electron chi connectivity index (χ3n) is 4.89. The van der Waals surface area contributed by atoms with Crippen molar-refractivity contribution in [2.45, 2.75) is 57.5 Å². The Labute approximate surface area is 154 Å². The maximum Gasteiger partial charge on any atom is 0.263 e. The van der Waals surface area contributed by atoms with E-state index in [2.05, 4.69) is 10.1 Å². The van der Waals surface area contributed by atoms with Gasteiger partial charge in [0.2, 0.25) is 5.89 Å². The van der Waals surface area contributed by atoms with Gasteiger partial charge in [-0.3, -0.25) is 4.79 Å². The first-order chi connectivity index (χ1) is 12.6. The first-order valence-electron chi connectivity index (χ1n) is 9.42. The first-order valence-corrected chi connectivity index (χ1v) is 9.42. The van der Waals surface area contributed by atoms with Crippen molar-refractivity contribution < 1.29 is 14.1 Å². The van der Waals surface area contributed by atoms with Crippen LogP contribution in [0.25, 0.3) is 0 Å². The number of rotatable bonds is 7. The predicted octanol–water partition coefficient (Wildman–Crippen LogP) is 3.59. The molecule has 3 rings (SSSR count). The highest BCUT2D eigenvalue weighted by molar-refractivity contribution is 5.80. The van der Waals surface area contributed by atoms with E-state index < -0.39 is 6.10 Å². The second-order valence-corrected chi connectivity index (χ2v) is 6.97. The molecule has 1 aromatic carbocycles. The fourth-order valence-electron chi connectivity index (χ4n) is 3.33. The number of nitrogens with zero attached hydrogens (tertiary/aromatic N) is 3. The van der Waals surface area contributed by atoms with Crippen LogP contribution >= 0.6 is 0 Å². The van der Waals surface area contributed by atoms with Crippen molar-refractivity contribution in [1.82, 2.24) is 15.0 Å². The third-order valence-corrected chi connectivity index (χ3v) is 4.89. The largest absolute Gasteiger partial charge is 0.481 e. The molecule has 0 bridgehead atoms. The van der Waals surface area contributed by atoms with E-state index in [0.29, 0.717) is 30.5 Å². The van der Waals surface area contributed by atoms with Gasteiger partial charge in [-0.25, -0.2) is 0 Å². The molecule has 6 heteroatoms. The summed E-state index contributed by atoms with van der Waals surface area (Å²) >= 11 is 0. The number of carbonyl (C=O) groups excluding carboxylic acids is 1. The van der Waals surface area contributed by atoms with E-state index in [0.717, 1.165) is 18.7 Å². The minimum Gasteiger partial charge on any atom is -0.481 e. The summed E-state index contributed by atoms with van der Waals surface area (Å²) in [5.41, 5.74) is 0. The van der Waals surface area contributed by atoms with Gasteiger partial charge in [0, 0.05) is 25.9 Å². The topological polar surface area (TPSA) is 68.5 Å². The van der Waals surface area contributed by atoms with E-state index in [4.69, 9.17) is 9.26 Å². The average molecular weight is 357 g/mol. The van der Waals surface area contributed by atoms with Crippen LogP contribution in [-0.4, -0.2) is 40.6 Å². The molecule has 2 aromatic rings. The van der Waals surface area contributed by atoms with Crippen LogP contribution in [0.4, 0.5) is 0 Å². The lowest BCUT2D eigenvalue weighted by Crippen LogP contribution is -2.39. The van der Waals surface area contributed by atoms with Crippen molar-refractivity contribution in [1.29, 1.82) is 0 Å². The van der Waals surface area contributed by atoms with Gasteiger partial charge in [0.05, 0.1) is 0 Å². The van der Waals surface area contributed by atoms with Crippen LogP contribution in [0.2, 0.25) is 0 Å². The number of amides is 1. The fraction of sp³-hybridized carbons (Fsp3) is 0.550. The van der Waals surface area contributed by atoms with Crippen molar-refractivity contribution in [2.24, 2.45) is 0 Å². The van der Waals surface area contributed by atoms with E-state index >= 15 is 0 Å². The van der Waals surface area contributed by atoms with E-state index in [1.54, 1.807) is 18.9 Å². The number of hydrogen-bond donors (Lipinski definition) is 0. The smallest absolute Gasteiger partial charge is 0.263 e. The first kappa shape index (κ1) is 18.4. The van der Waals surface area contributed by atoms with Gasteiger partial charge in [0.25, 0.3) is 5.91 Å². The average Bonchev–Trinajstić information content (AvgIpc) is 3.16. The van der Waals surface area contributed by atoms with Crippen LogP contribution in [0.5, 0.6) is 5.75 Å². The second kappa shape index (κ2) is 8.83. The van der Waals surface area contributed by atoms with Crippen molar-refractivity contribution in [2.75, 3.05) is 13.6 Å². The Hall–Kier alpha value is -2.37. The number of aromatic nitrogens is 2.